The fourth-order valence-corrected chi connectivity index (χ4v) is 4.60. The van der Waals surface area contributed by atoms with Gasteiger partial charge in [-0.15, -0.1) is 24.0 Å². The third-order valence-electron chi connectivity index (χ3n) is 5.78. The van der Waals surface area contributed by atoms with E-state index in [9.17, 15) is 0 Å². The Morgan fingerprint density at radius 1 is 1.22 bits per heavy atom. The molecule has 6 heteroatoms. The molecule has 1 N–H and O–H groups in total. The highest BCUT2D eigenvalue weighted by Gasteiger charge is 2.53. The molecule has 2 fully saturated rings. The molecule has 136 valence electrons. The Kier molecular flexibility index (Phi) is 7.54. The molecule has 0 radical (unpaired) electrons. The number of halogens is 1. The summed E-state index contributed by atoms with van der Waals surface area (Å²) in [5, 5.41) is 3.66. The molecule has 2 aliphatic heterocycles. The first kappa shape index (κ1) is 21.4. The third-order valence-corrected chi connectivity index (χ3v) is 7.23. The van der Waals surface area contributed by atoms with Crippen LogP contribution in [0.15, 0.2) is 4.99 Å². The molecule has 0 bridgehead atoms. The Morgan fingerprint density at radius 2 is 1.83 bits per heavy atom. The zero-order chi connectivity index (χ0) is 16.4. The van der Waals surface area contributed by atoms with Crippen molar-refractivity contribution in [2.75, 3.05) is 39.1 Å². The molecule has 0 saturated carbocycles. The number of rotatable bonds is 4. The lowest BCUT2D eigenvalue weighted by atomic mass is 9.65. The Hall–Kier alpha value is 0.310. The number of hydrogen-bond acceptors (Lipinski definition) is 3. The molecular weight excluding hydrogens is 421 g/mol. The topological polar surface area (TPSA) is 36.9 Å². The average Bonchev–Trinajstić information content (AvgIpc) is 2.48. The molecule has 0 aromatic rings. The largest absolute Gasteiger partial charge is 0.381 e. The summed E-state index contributed by atoms with van der Waals surface area (Å²) in [5.74, 6) is 2.20. The van der Waals surface area contributed by atoms with Crippen molar-refractivity contribution in [1.29, 1.82) is 0 Å². The SMILES string of the molecule is CCSC1(CNC(=NC)N2CC(C)(C)C2(C)C)CCOCC1.I. The van der Waals surface area contributed by atoms with E-state index in [4.69, 9.17) is 4.74 Å². The Balaban J connectivity index is 0.00000264. The van der Waals surface area contributed by atoms with E-state index in [0.29, 0.717) is 10.2 Å². The van der Waals surface area contributed by atoms with Crippen LogP contribution >= 0.6 is 35.7 Å². The summed E-state index contributed by atoms with van der Waals surface area (Å²) in [6, 6.07) is 0. The highest BCUT2D eigenvalue weighted by Crippen LogP contribution is 2.46. The van der Waals surface area contributed by atoms with Gasteiger partial charge in [-0.05, 0) is 32.4 Å². The van der Waals surface area contributed by atoms with E-state index in [2.05, 4.69) is 61.6 Å². The number of nitrogens with zero attached hydrogens (tertiary/aromatic N) is 2. The lowest BCUT2D eigenvalue weighted by molar-refractivity contribution is -0.0668. The summed E-state index contributed by atoms with van der Waals surface area (Å²) in [7, 11) is 1.90. The van der Waals surface area contributed by atoms with Gasteiger partial charge >= 0.3 is 0 Å². The van der Waals surface area contributed by atoms with Crippen LogP contribution in [0.25, 0.3) is 0 Å². The van der Waals surface area contributed by atoms with Gasteiger partial charge in [0.2, 0.25) is 0 Å². The van der Waals surface area contributed by atoms with Crippen molar-refractivity contribution in [1.82, 2.24) is 10.2 Å². The molecule has 2 rings (SSSR count). The molecule has 4 nitrogen and oxygen atoms in total. The number of ether oxygens (including phenoxy) is 1. The number of nitrogens with one attached hydrogen (secondary N) is 1. The maximum atomic E-state index is 5.56. The maximum Gasteiger partial charge on any atom is 0.194 e. The smallest absolute Gasteiger partial charge is 0.194 e. The fraction of sp³-hybridized carbons (Fsp3) is 0.941. The highest BCUT2D eigenvalue weighted by molar-refractivity contribution is 14.0. The Morgan fingerprint density at radius 3 is 2.26 bits per heavy atom. The van der Waals surface area contributed by atoms with Crippen LogP contribution in [-0.4, -0.2) is 60.2 Å². The summed E-state index contributed by atoms with van der Waals surface area (Å²) < 4.78 is 5.86. The molecule has 2 aliphatic rings. The van der Waals surface area contributed by atoms with Gasteiger partial charge in [-0.25, -0.2) is 0 Å². The van der Waals surface area contributed by atoms with Crippen LogP contribution in [0.2, 0.25) is 0 Å². The predicted octanol–water partition coefficient (Wildman–Crippen LogP) is 3.60. The molecule has 0 unspecified atom stereocenters. The molecule has 2 saturated heterocycles. The van der Waals surface area contributed by atoms with Crippen LogP contribution in [-0.2, 0) is 4.74 Å². The number of aliphatic imine (C=N–C) groups is 1. The lowest BCUT2D eigenvalue weighted by Crippen LogP contribution is -2.72. The Labute approximate surface area is 163 Å². The van der Waals surface area contributed by atoms with E-state index in [1.807, 2.05) is 7.05 Å². The van der Waals surface area contributed by atoms with Gasteiger partial charge in [0.1, 0.15) is 0 Å². The van der Waals surface area contributed by atoms with Crippen molar-refractivity contribution in [3.05, 3.63) is 0 Å². The van der Waals surface area contributed by atoms with E-state index >= 15 is 0 Å². The average molecular weight is 455 g/mol. The standard InChI is InChI=1S/C17H33N3OS.HI/c1-7-22-17(8-10-21-11-9-17)12-19-14(18-6)20-13-15(2,3)16(20,4)5;/h7-13H2,1-6H3,(H,18,19);1H. The zero-order valence-electron chi connectivity index (χ0n) is 15.6. The van der Waals surface area contributed by atoms with Crippen molar-refractivity contribution in [2.45, 2.75) is 57.7 Å². The molecule has 0 aromatic carbocycles. The monoisotopic (exact) mass is 455 g/mol. The van der Waals surface area contributed by atoms with Crippen molar-refractivity contribution in [3.8, 4) is 0 Å². The van der Waals surface area contributed by atoms with Gasteiger partial charge in [-0.2, -0.15) is 11.8 Å². The van der Waals surface area contributed by atoms with Crippen molar-refractivity contribution in [3.63, 3.8) is 0 Å². The molecule has 0 aliphatic carbocycles. The van der Waals surface area contributed by atoms with Gasteiger partial charge in [0.15, 0.2) is 5.96 Å². The van der Waals surface area contributed by atoms with E-state index < -0.39 is 0 Å². The van der Waals surface area contributed by atoms with E-state index in [0.717, 1.165) is 50.9 Å². The first-order chi connectivity index (χ1) is 10.3. The van der Waals surface area contributed by atoms with Gasteiger partial charge in [-0.3, -0.25) is 4.99 Å². The third kappa shape index (κ3) is 4.29. The molecule has 23 heavy (non-hydrogen) atoms. The normalized spacial score (nSPS) is 25.3. The summed E-state index contributed by atoms with van der Waals surface area (Å²) in [6.45, 7) is 15.4. The fourth-order valence-electron chi connectivity index (χ4n) is 3.36. The van der Waals surface area contributed by atoms with E-state index in [1.165, 1.54) is 0 Å². The molecule has 0 aromatic heterocycles. The molecule has 0 atom stereocenters. The second kappa shape index (κ2) is 8.13. The summed E-state index contributed by atoms with van der Waals surface area (Å²) in [6.07, 6.45) is 2.26. The molecular formula is C17H34IN3OS. The minimum Gasteiger partial charge on any atom is -0.381 e. The second-order valence-corrected chi connectivity index (χ2v) is 9.39. The van der Waals surface area contributed by atoms with Crippen LogP contribution in [0.1, 0.15) is 47.5 Å². The minimum atomic E-state index is 0. The Bertz CT molecular complexity index is 415. The molecule has 2 heterocycles. The van der Waals surface area contributed by atoms with Gasteiger partial charge < -0.3 is 15.0 Å². The summed E-state index contributed by atoms with van der Waals surface area (Å²) in [5.41, 5.74) is 0.481. The van der Waals surface area contributed by atoms with Gasteiger partial charge in [-0.1, -0.05) is 20.8 Å². The van der Waals surface area contributed by atoms with E-state index in [-0.39, 0.29) is 29.5 Å². The van der Waals surface area contributed by atoms with Gasteiger partial charge in [0.25, 0.3) is 0 Å². The van der Waals surface area contributed by atoms with E-state index in [1.54, 1.807) is 0 Å². The first-order valence-corrected chi connectivity index (χ1v) is 9.46. The van der Waals surface area contributed by atoms with Crippen LogP contribution in [0.3, 0.4) is 0 Å². The first-order valence-electron chi connectivity index (χ1n) is 8.48. The highest BCUT2D eigenvalue weighted by atomic mass is 127. The summed E-state index contributed by atoms with van der Waals surface area (Å²) in [4.78, 5) is 6.95. The van der Waals surface area contributed by atoms with Crippen LogP contribution < -0.4 is 5.32 Å². The van der Waals surface area contributed by atoms with Gasteiger partial charge in [0.05, 0.1) is 0 Å². The second-order valence-electron chi connectivity index (χ2n) is 7.66. The summed E-state index contributed by atoms with van der Waals surface area (Å²) >= 11 is 2.07. The molecule has 0 spiro atoms. The maximum absolute atomic E-state index is 5.56. The van der Waals surface area contributed by atoms with Crippen LogP contribution in [0.4, 0.5) is 0 Å². The zero-order valence-corrected chi connectivity index (χ0v) is 18.7. The van der Waals surface area contributed by atoms with Gasteiger partial charge in [0, 0.05) is 49.1 Å². The van der Waals surface area contributed by atoms with Crippen molar-refractivity contribution >= 4 is 41.7 Å². The number of likely N-dealkylation sites (tertiary alicyclic amines) is 1. The predicted molar refractivity (Wildman–Crippen MR) is 112 cm³/mol. The lowest BCUT2D eigenvalue weighted by Gasteiger charge is -2.62. The van der Waals surface area contributed by atoms with Crippen LogP contribution in [0.5, 0.6) is 0 Å². The van der Waals surface area contributed by atoms with Crippen LogP contribution in [0, 0.1) is 5.41 Å². The number of thioether (sulfide) groups is 1. The molecule has 0 amide bonds. The quantitative estimate of drug-likeness (QED) is 0.399. The van der Waals surface area contributed by atoms with Crippen molar-refractivity contribution < 1.29 is 4.74 Å². The number of guanidine groups is 1. The van der Waals surface area contributed by atoms with Crippen molar-refractivity contribution in [2.24, 2.45) is 10.4 Å². The minimum absolute atomic E-state index is 0. The number of hydrogen-bond donors (Lipinski definition) is 1.